The van der Waals surface area contributed by atoms with Crippen molar-refractivity contribution >= 4 is 16.8 Å². The van der Waals surface area contributed by atoms with Crippen molar-refractivity contribution in [3.05, 3.63) is 112 Å². The third kappa shape index (κ3) is 3.66. The van der Waals surface area contributed by atoms with Crippen LogP contribution in [-0.4, -0.2) is 4.92 Å². The Hall–Kier alpha value is -3.20. The Balaban J connectivity index is 2.23. The van der Waals surface area contributed by atoms with Gasteiger partial charge in [-0.25, -0.2) is 0 Å². The molecule has 0 aliphatic carbocycles. The first-order valence-corrected chi connectivity index (χ1v) is 8.29. The molecule has 3 heteroatoms. The van der Waals surface area contributed by atoms with Gasteiger partial charge in [0.1, 0.15) is 0 Å². The molecule has 0 fully saturated rings. The van der Waals surface area contributed by atoms with Gasteiger partial charge in [-0.05, 0) is 46.4 Å². The number of allylic oxidation sites excluding steroid dienone is 1. The van der Waals surface area contributed by atoms with E-state index in [1.807, 2.05) is 48.5 Å². The van der Waals surface area contributed by atoms with Gasteiger partial charge in [0.2, 0.25) is 0 Å². The van der Waals surface area contributed by atoms with Crippen LogP contribution in [0.4, 0.5) is 5.69 Å². The van der Waals surface area contributed by atoms with Crippen LogP contribution in [0.1, 0.15) is 30.0 Å². The molecule has 124 valence electrons. The molecule has 0 bridgehead atoms. The zero-order chi connectivity index (χ0) is 17.6. The summed E-state index contributed by atoms with van der Waals surface area (Å²) in [6.07, 6.45) is 0.866. The van der Waals surface area contributed by atoms with Crippen LogP contribution < -0.4 is 0 Å². The van der Waals surface area contributed by atoms with Crippen molar-refractivity contribution < 1.29 is 4.92 Å². The SMILES string of the molecule is CC/C(=C(/c1ccccc1)c1ccc([N+](=O)[O-])cc1)c1ccccc1. The lowest BCUT2D eigenvalue weighted by atomic mass is 9.88. The third-order valence-electron chi connectivity index (χ3n) is 4.21. The van der Waals surface area contributed by atoms with E-state index in [-0.39, 0.29) is 10.6 Å². The number of non-ortho nitro benzene ring substituents is 1. The smallest absolute Gasteiger partial charge is 0.258 e. The molecule has 0 N–H and O–H groups in total. The van der Waals surface area contributed by atoms with Crippen LogP contribution in [0.25, 0.3) is 11.1 Å². The number of rotatable bonds is 5. The fourth-order valence-corrected chi connectivity index (χ4v) is 3.03. The number of benzene rings is 3. The van der Waals surface area contributed by atoms with Crippen molar-refractivity contribution in [3.63, 3.8) is 0 Å². The topological polar surface area (TPSA) is 43.1 Å². The fourth-order valence-electron chi connectivity index (χ4n) is 3.03. The normalized spacial score (nSPS) is 11.7. The Morgan fingerprint density at radius 2 is 1.24 bits per heavy atom. The van der Waals surface area contributed by atoms with Crippen LogP contribution in [0.2, 0.25) is 0 Å². The molecule has 0 radical (unpaired) electrons. The van der Waals surface area contributed by atoms with Gasteiger partial charge in [0.25, 0.3) is 5.69 Å². The molecule has 0 aliphatic rings. The van der Waals surface area contributed by atoms with E-state index in [0.29, 0.717) is 0 Å². The van der Waals surface area contributed by atoms with E-state index in [1.54, 1.807) is 12.1 Å². The van der Waals surface area contributed by atoms with Gasteiger partial charge < -0.3 is 0 Å². The Labute approximate surface area is 147 Å². The summed E-state index contributed by atoms with van der Waals surface area (Å²) in [5, 5.41) is 11.0. The lowest BCUT2D eigenvalue weighted by molar-refractivity contribution is -0.384. The number of hydrogen-bond donors (Lipinski definition) is 0. The Kier molecular flexibility index (Phi) is 5.05. The average molecular weight is 329 g/mol. The first-order valence-electron chi connectivity index (χ1n) is 8.29. The highest BCUT2D eigenvalue weighted by Crippen LogP contribution is 2.34. The van der Waals surface area contributed by atoms with Crippen molar-refractivity contribution in [1.82, 2.24) is 0 Å². The maximum atomic E-state index is 11.0. The van der Waals surface area contributed by atoms with Gasteiger partial charge in [0, 0.05) is 12.1 Å². The first kappa shape index (κ1) is 16.7. The zero-order valence-corrected chi connectivity index (χ0v) is 14.1. The fraction of sp³-hybridized carbons (Fsp3) is 0.0909. The lowest BCUT2D eigenvalue weighted by Gasteiger charge is -2.16. The van der Waals surface area contributed by atoms with Crippen LogP contribution in [0.5, 0.6) is 0 Å². The molecular formula is C22H19NO2. The maximum Gasteiger partial charge on any atom is 0.269 e. The molecule has 0 amide bonds. The second-order valence-electron chi connectivity index (χ2n) is 5.74. The monoisotopic (exact) mass is 329 g/mol. The second kappa shape index (κ2) is 7.58. The Morgan fingerprint density at radius 3 is 1.72 bits per heavy atom. The molecule has 0 heterocycles. The van der Waals surface area contributed by atoms with Crippen molar-refractivity contribution in [2.24, 2.45) is 0 Å². The van der Waals surface area contributed by atoms with Crippen molar-refractivity contribution in [2.45, 2.75) is 13.3 Å². The summed E-state index contributed by atoms with van der Waals surface area (Å²) in [6, 6.07) is 27.2. The summed E-state index contributed by atoms with van der Waals surface area (Å²) in [6.45, 7) is 2.14. The molecule has 0 spiro atoms. The van der Waals surface area contributed by atoms with Gasteiger partial charge in [-0.3, -0.25) is 10.1 Å². The summed E-state index contributed by atoms with van der Waals surface area (Å²) >= 11 is 0. The zero-order valence-electron chi connectivity index (χ0n) is 14.1. The van der Waals surface area contributed by atoms with E-state index >= 15 is 0 Å². The minimum atomic E-state index is -0.367. The van der Waals surface area contributed by atoms with Gasteiger partial charge >= 0.3 is 0 Å². The summed E-state index contributed by atoms with van der Waals surface area (Å²) < 4.78 is 0. The molecule has 3 rings (SSSR count). The number of nitro benzene ring substituents is 1. The molecule has 0 saturated carbocycles. The molecule has 0 aliphatic heterocycles. The van der Waals surface area contributed by atoms with E-state index in [4.69, 9.17) is 0 Å². The largest absolute Gasteiger partial charge is 0.269 e. The highest BCUT2D eigenvalue weighted by molar-refractivity contribution is 5.98. The molecule has 3 nitrogen and oxygen atoms in total. The first-order chi connectivity index (χ1) is 12.2. The molecule has 25 heavy (non-hydrogen) atoms. The van der Waals surface area contributed by atoms with E-state index in [1.165, 1.54) is 11.1 Å². The minimum absolute atomic E-state index is 0.105. The van der Waals surface area contributed by atoms with Crippen LogP contribution in [-0.2, 0) is 0 Å². The molecule has 0 atom stereocenters. The maximum absolute atomic E-state index is 11.0. The Bertz CT molecular complexity index is 882. The number of nitrogens with zero attached hydrogens (tertiary/aromatic N) is 1. The van der Waals surface area contributed by atoms with Gasteiger partial charge in [0.05, 0.1) is 4.92 Å². The van der Waals surface area contributed by atoms with Crippen LogP contribution >= 0.6 is 0 Å². The van der Waals surface area contributed by atoms with Crippen LogP contribution in [0.15, 0.2) is 84.9 Å². The number of nitro groups is 1. The molecule has 0 aromatic heterocycles. The highest BCUT2D eigenvalue weighted by Gasteiger charge is 2.14. The molecule has 3 aromatic rings. The van der Waals surface area contributed by atoms with Gasteiger partial charge in [-0.2, -0.15) is 0 Å². The lowest BCUT2D eigenvalue weighted by Crippen LogP contribution is -1.95. The average Bonchev–Trinajstić information content (AvgIpc) is 2.67. The van der Waals surface area contributed by atoms with E-state index < -0.39 is 0 Å². The molecule has 0 unspecified atom stereocenters. The van der Waals surface area contributed by atoms with Crippen molar-refractivity contribution in [2.75, 3.05) is 0 Å². The second-order valence-corrected chi connectivity index (χ2v) is 5.74. The van der Waals surface area contributed by atoms with Gasteiger partial charge in [-0.1, -0.05) is 67.6 Å². The minimum Gasteiger partial charge on any atom is -0.258 e. The number of hydrogen-bond acceptors (Lipinski definition) is 2. The molecule has 0 saturated heterocycles. The molecule has 3 aromatic carbocycles. The quantitative estimate of drug-likeness (QED) is 0.329. The summed E-state index contributed by atoms with van der Waals surface area (Å²) in [5.41, 5.74) is 5.70. The third-order valence-corrected chi connectivity index (χ3v) is 4.21. The summed E-state index contributed by atoms with van der Waals surface area (Å²) in [5.74, 6) is 0. The predicted molar refractivity (Wildman–Crippen MR) is 102 cm³/mol. The van der Waals surface area contributed by atoms with E-state index in [9.17, 15) is 10.1 Å². The van der Waals surface area contributed by atoms with Gasteiger partial charge in [-0.15, -0.1) is 0 Å². The van der Waals surface area contributed by atoms with Crippen LogP contribution in [0.3, 0.4) is 0 Å². The van der Waals surface area contributed by atoms with Crippen molar-refractivity contribution in [3.8, 4) is 0 Å². The van der Waals surface area contributed by atoms with E-state index in [0.717, 1.165) is 23.1 Å². The predicted octanol–water partition coefficient (Wildman–Crippen LogP) is 5.96. The Morgan fingerprint density at radius 1 is 0.760 bits per heavy atom. The van der Waals surface area contributed by atoms with E-state index in [2.05, 4.69) is 31.2 Å². The highest BCUT2D eigenvalue weighted by atomic mass is 16.6. The summed E-state index contributed by atoms with van der Waals surface area (Å²) in [4.78, 5) is 10.6. The van der Waals surface area contributed by atoms with Crippen molar-refractivity contribution in [1.29, 1.82) is 0 Å². The van der Waals surface area contributed by atoms with Crippen LogP contribution in [0, 0.1) is 10.1 Å². The van der Waals surface area contributed by atoms with Gasteiger partial charge in [0.15, 0.2) is 0 Å². The summed E-state index contributed by atoms with van der Waals surface area (Å²) in [7, 11) is 0. The standard InChI is InChI=1S/C22H19NO2/c1-2-21(17-9-5-3-6-10-17)22(18-11-7-4-8-12-18)19-13-15-20(16-14-19)23(24)25/h3-16H,2H2,1H3/b22-21+. The molecular weight excluding hydrogens is 310 g/mol.